The highest BCUT2D eigenvalue weighted by Crippen LogP contribution is 2.26. The van der Waals surface area contributed by atoms with Crippen LogP contribution in [0.4, 0.5) is 10.3 Å². The number of benzene rings is 3. The monoisotopic (exact) mass is 598 g/mol. The summed E-state index contributed by atoms with van der Waals surface area (Å²) in [6.07, 6.45) is 4.29. The molecular formula is C34H35FN4O5. The van der Waals surface area contributed by atoms with E-state index in [0.717, 1.165) is 18.4 Å². The van der Waals surface area contributed by atoms with Gasteiger partial charge in [-0.15, -0.1) is 0 Å². The van der Waals surface area contributed by atoms with Gasteiger partial charge >= 0.3 is 5.97 Å². The maximum Gasteiger partial charge on any atom is 0.323 e. The fourth-order valence-electron chi connectivity index (χ4n) is 5.22. The van der Waals surface area contributed by atoms with Crippen LogP contribution in [0.2, 0.25) is 0 Å². The van der Waals surface area contributed by atoms with Crippen molar-refractivity contribution in [1.82, 2.24) is 14.9 Å². The van der Waals surface area contributed by atoms with E-state index in [0.29, 0.717) is 36.8 Å². The summed E-state index contributed by atoms with van der Waals surface area (Å²) in [5, 5.41) is 9.58. The van der Waals surface area contributed by atoms with Crippen molar-refractivity contribution in [2.24, 2.45) is 0 Å². The van der Waals surface area contributed by atoms with Gasteiger partial charge < -0.3 is 24.4 Å². The van der Waals surface area contributed by atoms with Gasteiger partial charge in [0.1, 0.15) is 25.5 Å². The lowest BCUT2D eigenvalue weighted by Crippen LogP contribution is -2.39. The van der Waals surface area contributed by atoms with Crippen LogP contribution in [0.1, 0.15) is 34.5 Å². The molecule has 1 amide bonds. The van der Waals surface area contributed by atoms with Gasteiger partial charge in [-0.05, 0) is 55.5 Å². The predicted octanol–water partition coefficient (Wildman–Crippen LogP) is 5.05. The Morgan fingerprint density at radius 3 is 2.43 bits per heavy atom. The lowest BCUT2D eigenvalue weighted by molar-refractivity contribution is -0.137. The highest BCUT2D eigenvalue weighted by Gasteiger charge is 2.30. The van der Waals surface area contributed by atoms with Gasteiger partial charge in [0.15, 0.2) is 11.6 Å². The molecule has 0 spiro atoms. The first kappa shape index (κ1) is 30.5. The molecule has 9 nitrogen and oxygen atoms in total. The summed E-state index contributed by atoms with van der Waals surface area (Å²) < 4.78 is 25.7. The van der Waals surface area contributed by atoms with Crippen LogP contribution in [0.15, 0.2) is 91.1 Å². The normalized spacial score (nSPS) is 14.3. The molecule has 4 aromatic rings. The van der Waals surface area contributed by atoms with E-state index >= 15 is 0 Å². The molecule has 1 N–H and O–H groups in total. The van der Waals surface area contributed by atoms with Gasteiger partial charge in [0.05, 0.1) is 23.8 Å². The number of nitrogens with zero attached hydrogens (tertiary/aromatic N) is 4. The Hall–Kier alpha value is -4.99. The van der Waals surface area contributed by atoms with Crippen LogP contribution in [0.25, 0.3) is 0 Å². The Bertz CT molecular complexity index is 1540. The van der Waals surface area contributed by atoms with Gasteiger partial charge in [-0.2, -0.15) is 0 Å². The molecule has 5 rings (SSSR count). The quantitative estimate of drug-likeness (QED) is 0.215. The Morgan fingerprint density at radius 1 is 0.955 bits per heavy atom. The largest absolute Gasteiger partial charge is 0.492 e. The van der Waals surface area contributed by atoms with Crippen molar-refractivity contribution in [3.05, 3.63) is 114 Å². The number of carbonyl (C=O) groups is 2. The molecule has 0 saturated carbocycles. The standard InChI is InChI=1S/C34H35FN4O5/c35-29-15-7-8-16-31(29)44-24-26-12-9-19-39(26)34-36-22-28(30(37-34)18-17-25-10-3-1-4-11-25)33(42)38(23-32(40)41)20-21-43-27-13-5-2-6-14-27/h1-8,10-11,13-16,22,26H,9,12,17-21,23-24H2,(H,40,41)/t26-/m0/s1. The van der Waals surface area contributed by atoms with Gasteiger partial charge in [0.2, 0.25) is 5.95 Å². The summed E-state index contributed by atoms with van der Waals surface area (Å²) in [6.45, 7) is 0.662. The number of halogens is 1. The van der Waals surface area contributed by atoms with Crippen molar-refractivity contribution in [3.8, 4) is 11.5 Å². The van der Waals surface area contributed by atoms with Crippen LogP contribution >= 0.6 is 0 Å². The first-order valence-electron chi connectivity index (χ1n) is 14.7. The number of carboxylic acids is 1. The number of aromatic nitrogens is 2. The van der Waals surface area contributed by atoms with Gasteiger partial charge in [0.25, 0.3) is 5.91 Å². The molecule has 1 aromatic heterocycles. The highest BCUT2D eigenvalue weighted by atomic mass is 19.1. The van der Waals surface area contributed by atoms with Crippen LogP contribution in [-0.4, -0.2) is 70.7 Å². The van der Waals surface area contributed by atoms with E-state index in [9.17, 15) is 19.1 Å². The highest BCUT2D eigenvalue weighted by molar-refractivity contribution is 5.96. The summed E-state index contributed by atoms with van der Waals surface area (Å²) in [7, 11) is 0. The molecule has 1 saturated heterocycles. The van der Waals surface area contributed by atoms with Crippen LogP contribution < -0.4 is 14.4 Å². The first-order valence-corrected chi connectivity index (χ1v) is 14.7. The Labute approximate surface area is 255 Å². The van der Waals surface area contributed by atoms with E-state index < -0.39 is 24.2 Å². The van der Waals surface area contributed by atoms with E-state index in [2.05, 4.69) is 4.98 Å². The lowest BCUT2D eigenvalue weighted by atomic mass is 10.0. The van der Waals surface area contributed by atoms with E-state index in [1.54, 1.807) is 30.3 Å². The third-order valence-electron chi connectivity index (χ3n) is 7.47. The summed E-state index contributed by atoms with van der Waals surface area (Å²) in [5.41, 5.74) is 1.87. The number of aryl methyl sites for hydroxylation is 2. The average molecular weight is 599 g/mol. The molecule has 1 atom stereocenters. The molecule has 2 heterocycles. The molecule has 44 heavy (non-hydrogen) atoms. The number of ether oxygens (including phenoxy) is 2. The van der Waals surface area contributed by atoms with Crippen LogP contribution in [0, 0.1) is 5.82 Å². The summed E-state index contributed by atoms with van der Waals surface area (Å²) >= 11 is 0. The third-order valence-corrected chi connectivity index (χ3v) is 7.47. The van der Waals surface area contributed by atoms with Crippen LogP contribution in [-0.2, 0) is 17.6 Å². The molecule has 0 aliphatic carbocycles. The smallest absolute Gasteiger partial charge is 0.323 e. The summed E-state index contributed by atoms with van der Waals surface area (Å²) in [6, 6.07) is 25.2. The molecule has 228 valence electrons. The minimum absolute atomic E-state index is 0.0709. The van der Waals surface area contributed by atoms with Gasteiger partial charge in [-0.1, -0.05) is 60.7 Å². The number of para-hydroxylation sites is 2. The Morgan fingerprint density at radius 2 is 1.68 bits per heavy atom. The summed E-state index contributed by atoms with van der Waals surface area (Å²) in [4.78, 5) is 38.2. The molecule has 1 aliphatic heterocycles. The fourth-order valence-corrected chi connectivity index (χ4v) is 5.22. The second-order valence-corrected chi connectivity index (χ2v) is 10.5. The molecule has 10 heteroatoms. The number of carboxylic acid groups (broad SMARTS) is 1. The average Bonchev–Trinajstić information content (AvgIpc) is 3.52. The van der Waals surface area contributed by atoms with Gasteiger partial charge in [-0.25, -0.2) is 14.4 Å². The van der Waals surface area contributed by atoms with Crippen molar-refractivity contribution in [2.45, 2.75) is 31.7 Å². The number of rotatable bonds is 14. The molecule has 0 radical (unpaired) electrons. The number of hydrogen-bond acceptors (Lipinski definition) is 7. The van der Waals surface area contributed by atoms with Crippen molar-refractivity contribution in [2.75, 3.05) is 37.7 Å². The van der Waals surface area contributed by atoms with E-state index in [1.807, 2.05) is 53.4 Å². The molecule has 1 aliphatic rings. The Kier molecular flexibility index (Phi) is 10.4. The maximum atomic E-state index is 14.1. The molecule has 0 bridgehead atoms. The zero-order chi connectivity index (χ0) is 30.7. The van der Waals surface area contributed by atoms with Gasteiger partial charge in [0, 0.05) is 12.7 Å². The van der Waals surface area contributed by atoms with E-state index in [4.69, 9.17) is 14.5 Å². The second kappa shape index (κ2) is 15.0. The number of amides is 1. The number of anilines is 1. The summed E-state index contributed by atoms with van der Waals surface area (Å²) in [5.74, 6) is -0.734. The molecule has 3 aromatic carbocycles. The van der Waals surface area contributed by atoms with Crippen molar-refractivity contribution >= 4 is 17.8 Å². The van der Waals surface area contributed by atoms with E-state index in [-0.39, 0.29) is 37.1 Å². The van der Waals surface area contributed by atoms with Crippen molar-refractivity contribution in [3.63, 3.8) is 0 Å². The SMILES string of the molecule is O=C(O)CN(CCOc1ccccc1)C(=O)c1cnc(N2CCC[C@H]2COc2ccccc2F)nc1CCc1ccccc1. The predicted molar refractivity (Wildman–Crippen MR) is 164 cm³/mol. The zero-order valence-corrected chi connectivity index (χ0v) is 24.3. The molecular weight excluding hydrogens is 563 g/mol. The Balaban J connectivity index is 1.36. The molecule has 0 unspecified atom stereocenters. The maximum absolute atomic E-state index is 14.1. The van der Waals surface area contributed by atoms with Gasteiger partial charge in [-0.3, -0.25) is 9.59 Å². The fraction of sp³-hybridized carbons (Fsp3) is 0.294. The number of aliphatic carboxylic acids is 1. The minimum atomic E-state index is -1.13. The lowest BCUT2D eigenvalue weighted by Gasteiger charge is -2.26. The van der Waals surface area contributed by atoms with Crippen molar-refractivity contribution < 1.29 is 28.6 Å². The number of hydrogen-bond donors (Lipinski definition) is 1. The molecule has 1 fully saturated rings. The van der Waals surface area contributed by atoms with Crippen molar-refractivity contribution in [1.29, 1.82) is 0 Å². The number of carbonyl (C=O) groups excluding carboxylic acids is 1. The topological polar surface area (TPSA) is 105 Å². The third kappa shape index (κ3) is 8.09. The minimum Gasteiger partial charge on any atom is -0.492 e. The first-order chi connectivity index (χ1) is 21.5. The van der Waals surface area contributed by atoms with Crippen LogP contribution in [0.5, 0.6) is 11.5 Å². The van der Waals surface area contributed by atoms with E-state index in [1.165, 1.54) is 17.2 Å². The van der Waals surface area contributed by atoms with Crippen LogP contribution in [0.3, 0.4) is 0 Å². The zero-order valence-electron chi connectivity index (χ0n) is 24.3. The second-order valence-electron chi connectivity index (χ2n) is 10.5.